The summed E-state index contributed by atoms with van der Waals surface area (Å²) in [6.07, 6.45) is 0. The summed E-state index contributed by atoms with van der Waals surface area (Å²) >= 11 is 1.59. The van der Waals surface area contributed by atoms with Gasteiger partial charge in [0.15, 0.2) is 0 Å². The first-order chi connectivity index (χ1) is 16.5. The minimum absolute atomic E-state index is 0.223. The lowest BCUT2D eigenvalue weighted by atomic mass is 9.95. The SMILES string of the molecule is CC1=C(Nc2nc(C(C)(C)C)nc3sc(-c4ccc(OCCN(C)C)cc4)c(C)c23)C(=O)NC1=O. The maximum absolute atomic E-state index is 12.4. The topological polar surface area (TPSA) is 96.5 Å². The molecule has 3 heterocycles. The van der Waals surface area contributed by atoms with E-state index in [1.807, 2.05) is 66.1 Å². The molecule has 0 unspecified atom stereocenters. The van der Waals surface area contributed by atoms with Crippen LogP contribution in [0.1, 0.15) is 39.1 Å². The zero-order chi connectivity index (χ0) is 25.5. The first-order valence-corrected chi connectivity index (χ1v) is 12.3. The van der Waals surface area contributed by atoms with Crippen molar-refractivity contribution in [2.24, 2.45) is 0 Å². The smallest absolute Gasteiger partial charge is 0.275 e. The summed E-state index contributed by atoms with van der Waals surface area (Å²) < 4.78 is 5.83. The summed E-state index contributed by atoms with van der Waals surface area (Å²) in [6.45, 7) is 11.3. The number of likely N-dealkylation sites (N-methyl/N-ethyl adjacent to an activating group) is 1. The van der Waals surface area contributed by atoms with Gasteiger partial charge in [-0.2, -0.15) is 0 Å². The van der Waals surface area contributed by atoms with Gasteiger partial charge in [-0.05, 0) is 63.3 Å². The van der Waals surface area contributed by atoms with Gasteiger partial charge in [0.25, 0.3) is 11.8 Å². The van der Waals surface area contributed by atoms with E-state index in [1.165, 1.54) is 0 Å². The van der Waals surface area contributed by atoms with Crippen molar-refractivity contribution in [3.8, 4) is 16.2 Å². The van der Waals surface area contributed by atoms with Gasteiger partial charge in [-0.3, -0.25) is 14.9 Å². The van der Waals surface area contributed by atoms with Crippen molar-refractivity contribution in [3.05, 3.63) is 46.9 Å². The number of benzene rings is 1. The second-order valence-corrected chi connectivity index (χ2v) is 11.0. The highest BCUT2D eigenvalue weighted by molar-refractivity contribution is 7.22. The molecule has 3 aromatic rings. The number of nitrogens with one attached hydrogen (secondary N) is 2. The lowest BCUT2D eigenvalue weighted by Crippen LogP contribution is -2.25. The second-order valence-electron chi connectivity index (χ2n) is 9.97. The van der Waals surface area contributed by atoms with E-state index in [1.54, 1.807) is 18.3 Å². The van der Waals surface area contributed by atoms with Gasteiger partial charge < -0.3 is 15.0 Å². The van der Waals surface area contributed by atoms with Gasteiger partial charge >= 0.3 is 0 Å². The predicted octanol–water partition coefficient (Wildman–Crippen LogP) is 4.25. The summed E-state index contributed by atoms with van der Waals surface area (Å²) in [5.74, 6) is 1.17. The van der Waals surface area contributed by atoms with Gasteiger partial charge in [-0.1, -0.05) is 20.8 Å². The van der Waals surface area contributed by atoms with Crippen LogP contribution in [-0.4, -0.2) is 53.9 Å². The van der Waals surface area contributed by atoms with Crippen LogP contribution in [0.2, 0.25) is 0 Å². The van der Waals surface area contributed by atoms with Crippen LogP contribution in [-0.2, 0) is 15.0 Å². The van der Waals surface area contributed by atoms with Crippen LogP contribution in [0, 0.1) is 6.92 Å². The molecule has 2 aromatic heterocycles. The highest BCUT2D eigenvalue weighted by atomic mass is 32.1. The first kappa shape index (κ1) is 24.8. The monoisotopic (exact) mass is 493 g/mol. The third kappa shape index (κ3) is 5.06. The molecule has 0 radical (unpaired) electrons. The largest absolute Gasteiger partial charge is 0.492 e. The maximum atomic E-state index is 12.4. The van der Waals surface area contributed by atoms with E-state index in [0.29, 0.717) is 23.8 Å². The lowest BCUT2D eigenvalue weighted by Gasteiger charge is -2.18. The van der Waals surface area contributed by atoms with Crippen molar-refractivity contribution in [1.82, 2.24) is 20.2 Å². The highest BCUT2D eigenvalue weighted by Crippen LogP contribution is 2.41. The van der Waals surface area contributed by atoms with Crippen LogP contribution in [0.15, 0.2) is 35.5 Å². The van der Waals surface area contributed by atoms with E-state index in [0.717, 1.165) is 38.5 Å². The van der Waals surface area contributed by atoms with E-state index in [4.69, 9.17) is 14.7 Å². The fourth-order valence-corrected chi connectivity index (χ4v) is 4.89. The fraction of sp³-hybridized carbons (Fsp3) is 0.385. The summed E-state index contributed by atoms with van der Waals surface area (Å²) in [4.78, 5) is 38.0. The third-order valence-electron chi connectivity index (χ3n) is 5.80. The van der Waals surface area contributed by atoms with Crippen LogP contribution < -0.4 is 15.4 Å². The molecule has 0 fully saturated rings. The second kappa shape index (κ2) is 9.39. The number of anilines is 1. The van der Waals surface area contributed by atoms with Crippen LogP contribution in [0.3, 0.4) is 0 Å². The van der Waals surface area contributed by atoms with Gasteiger partial charge in [0.05, 0.1) is 5.39 Å². The number of carbonyl (C=O) groups is 2. The molecule has 9 heteroatoms. The Morgan fingerprint density at radius 1 is 1.06 bits per heavy atom. The van der Waals surface area contributed by atoms with Gasteiger partial charge in [0.2, 0.25) is 0 Å². The maximum Gasteiger partial charge on any atom is 0.275 e. The molecule has 1 aliphatic heterocycles. The van der Waals surface area contributed by atoms with E-state index in [2.05, 4.69) is 15.5 Å². The van der Waals surface area contributed by atoms with Crippen molar-refractivity contribution in [2.45, 2.75) is 40.0 Å². The van der Waals surface area contributed by atoms with Crippen LogP contribution in [0.5, 0.6) is 5.75 Å². The molecular weight excluding hydrogens is 462 g/mol. The van der Waals surface area contributed by atoms with Gasteiger partial charge in [0.1, 0.15) is 34.5 Å². The van der Waals surface area contributed by atoms with Crippen molar-refractivity contribution >= 4 is 39.2 Å². The summed E-state index contributed by atoms with van der Waals surface area (Å²) in [7, 11) is 4.03. The van der Waals surface area contributed by atoms with Crippen molar-refractivity contribution in [2.75, 3.05) is 32.6 Å². The quantitative estimate of drug-likeness (QED) is 0.475. The molecule has 0 saturated carbocycles. The van der Waals surface area contributed by atoms with Crippen molar-refractivity contribution in [1.29, 1.82) is 0 Å². The number of rotatable bonds is 7. The number of imide groups is 1. The van der Waals surface area contributed by atoms with Crippen LogP contribution in [0.25, 0.3) is 20.7 Å². The van der Waals surface area contributed by atoms with Crippen molar-refractivity contribution < 1.29 is 14.3 Å². The normalized spacial score (nSPS) is 14.3. The van der Waals surface area contributed by atoms with Gasteiger partial charge in [-0.15, -0.1) is 11.3 Å². The summed E-state index contributed by atoms with van der Waals surface area (Å²) in [5, 5.41) is 6.33. The number of aromatic nitrogens is 2. The number of aryl methyl sites for hydroxylation is 1. The molecule has 4 rings (SSSR count). The molecule has 0 aliphatic carbocycles. The molecule has 8 nitrogen and oxygen atoms in total. The number of nitrogens with zero attached hydrogens (tertiary/aromatic N) is 3. The molecule has 0 bridgehead atoms. The Balaban J connectivity index is 1.76. The number of ether oxygens (including phenoxy) is 1. The number of carbonyl (C=O) groups excluding carboxylic acids is 2. The first-order valence-electron chi connectivity index (χ1n) is 11.5. The standard InChI is InChI=1S/C26H31N5O3S/c1-14-18-21(27-19-15(2)22(32)29-23(19)33)28-25(26(3,4)5)30-24(18)35-20(14)16-8-10-17(11-9-16)34-13-12-31(6)7/h8-11H,12-13H2,1-7H3,(H2,27,28,29,30,32,33). The van der Waals surface area contributed by atoms with Crippen LogP contribution in [0.4, 0.5) is 5.82 Å². The van der Waals surface area contributed by atoms with Gasteiger partial charge in [0, 0.05) is 22.4 Å². The highest BCUT2D eigenvalue weighted by Gasteiger charge is 2.30. The summed E-state index contributed by atoms with van der Waals surface area (Å²) in [5.41, 5.74) is 2.33. The molecule has 184 valence electrons. The Kier molecular flexibility index (Phi) is 6.66. The minimum atomic E-state index is -0.450. The Labute approximate surface area is 209 Å². The Hall–Kier alpha value is -3.30. The molecule has 0 spiro atoms. The molecule has 2 N–H and O–H groups in total. The molecule has 1 aliphatic rings. The van der Waals surface area contributed by atoms with E-state index >= 15 is 0 Å². The average Bonchev–Trinajstić information content (AvgIpc) is 3.24. The number of hydrogen-bond donors (Lipinski definition) is 2. The van der Waals surface area contributed by atoms with E-state index < -0.39 is 11.8 Å². The third-order valence-corrected chi connectivity index (χ3v) is 7.03. The zero-order valence-electron chi connectivity index (χ0n) is 21.2. The summed E-state index contributed by atoms with van der Waals surface area (Å²) in [6, 6.07) is 8.04. The molecule has 0 saturated heterocycles. The van der Waals surface area contributed by atoms with E-state index in [-0.39, 0.29) is 11.1 Å². The zero-order valence-corrected chi connectivity index (χ0v) is 22.0. The Morgan fingerprint density at radius 2 is 1.74 bits per heavy atom. The van der Waals surface area contributed by atoms with Crippen molar-refractivity contribution in [3.63, 3.8) is 0 Å². The Morgan fingerprint density at radius 3 is 2.31 bits per heavy atom. The van der Waals surface area contributed by atoms with E-state index in [9.17, 15) is 9.59 Å². The number of fused-ring (bicyclic) bond motifs is 1. The minimum Gasteiger partial charge on any atom is -0.492 e. The fourth-order valence-electron chi connectivity index (χ4n) is 3.70. The average molecular weight is 494 g/mol. The lowest BCUT2D eigenvalue weighted by molar-refractivity contribution is -0.124. The molecule has 35 heavy (non-hydrogen) atoms. The predicted molar refractivity (Wildman–Crippen MR) is 140 cm³/mol. The van der Waals surface area contributed by atoms with Crippen LogP contribution >= 0.6 is 11.3 Å². The number of thiophene rings is 1. The van der Waals surface area contributed by atoms with Gasteiger partial charge in [-0.25, -0.2) is 9.97 Å². The molecule has 0 atom stereocenters. The molecule has 2 amide bonds. The molecular formula is C26H31N5O3S. The number of amides is 2. The number of hydrogen-bond acceptors (Lipinski definition) is 8. The molecule has 1 aromatic carbocycles. The Bertz CT molecular complexity index is 1330.